The Labute approximate surface area is 309 Å². The van der Waals surface area contributed by atoms with Crippen LogP contribution in [0.5, 0.6) is 0 Å². The van der Waals surface area contributed by atoms with E-state index in [2.05, 4.69) is 158 Å². The van der Waals surface area contributed by atoms with Gasteiger partial charge >= 0.3 is 0 Å². The smallest absolute Gasteiger partial charge is 0.160 e. The van der Waals surface area contributed by atoms with Crippen molar-refractivity contribution in [2.75, 3.05) is 0 Å². The van der Waals surface area contributed by atoms with E-state index in [1.54, 1.807) is 0 Å². The third-order valence-electron chi connectivity index (χ3n) is 12.5. The molecule has 12 aromatic rings. The normalized spacial score (nSPS) is 13.9. The Kier molecular flexibility index (Phi) is 5.19. The van der Waals surface area contributed by atoms with Gasteiger partial charge in [-0.1, -0.05) is 123 Å². The predicted octanol–water partition coefficient (Wildman–Crippen LogP) is 14.3. The number of fused-ring (bicyclic) bond motifs is 17. The lowest BCUT2D eigenvalue weighted by atomic mass is 9.81. The highest BCUT2D eigenvalue weighted by molar-refractivity contribution is 6.32. The van der Waals surface area contributed by atoms with Gasteiger partial charge in [0.1, 0.15) is 11.2 Å². The number of para-hydroxylation sites is 2. The Hall–Kier alpha value is -6.84. The zero-order valence-corrected chi connectivity index (χ0v) is 29.7. The van der Waals surface area contributed by atoms with Crippen molar-refractivity contribution in [3.63, 3.8) is 0 Å². The lowest BCUT2D eigenvalue weighted by Crippen LogP contribution is -2.14. The molecule has 0 N–H and O–H groups in total. The maximum Gasteiger partial charge on any atom is 0.160 e. The molecule has 0 amide bonds. The van der Waals surface area contributed by atoms with Crippen LogP contribution in [0.4, 0.5) is 0 Å². The van der Waals surface area contributed by atoms with Crippen LogP contribution < -0.4 is 0 Å². The van der Waals surface area contributed by atoms with Gasteiger partial charge in [-0.3, -0.25) is 0 Å². The Bertz CT molecular complexity index is 3410. The van der Waals surface area contributed by atoms with Crippen LogP contribution in [0.15, 0.2) is 160 Å². The van der Waals surface area contributed by atoms with Gasteiger partial charge in [0, 0.05) is 48.5 Å². The third-order valence-corrected chi connectivity index (χ3v) is 12.5. The fourth-order valence-electron chi connectivity index (χ4n) is 9.96. The number of nitrogens with zero attached hydrogens (tertiary/aromatic N) is 1. The predicted molar refractivity (Wildman–Crippen MR) is 224 cm³/mol. The van der Waals surface area contributed by atoms with Crippen LogP contribution in [0, 0.1) is 0 Å². The minimum Gasteiger partial charge on any atom is -0.454 e. The van der Waals surface area contributed by atoms with Gasteiger partial charge in [-0.2, -0.15) is 0 Å². The molecule has 0 atom stereocenters. The lowest BCUT2D eigenvalue weighted by molar-refractivity contribution is 0.660. The van der Waals surface area contributed by atoms with Crippen LogP contribution in [0.2, 0.25) is 0 Å². The zero-order chi connectivity index (χ0) is 35.4. The number of hydrogen-bond donors (Lipinski definition) is 0. The van der Waals surface area contributed by atoms with Gasteiger partial charge in [0.15, 0.2) is 11.2 Å². The highest BCUT2D eigenvalue weighted by Gasteiger charge is 2.35. The molecule has 13 rings (SSSR count). The molecule has 4 aromatic heterocycles. The van der Waals surface area contributed by atoms with Gasteiger partial charge in [-0.05, 0) is 87.0 Å². The van der Waals surface area contributed by atoms with Crippen molar-refractivity contribution < 1.29 is 8.83 Å². The SMILES string of the molecule is CC1(C)c2ccccc2-c2ccc(-c3ccc(-c4cc5c6ccc7c8ccccc8oc7c6n6c5c(c4)c4ccc5c7ccccc7oc5c46)cc3)cc21. The minimum absolute atomic E-state index is 0.0304. The summed E-state index contributed by atoms with van der Waals surface area (Å²) in [5.74, 6) is 0. The summed E-state index contributed by atoms with van der Waals surface area (Å²) in [6, 6.07) is 55.4. The summed E-state index contributed by atoms with van der Waals surface area (Å²) in [7, 11) is 0. The molecular weight excluding hydrogens is 659 g/mol. The van der Waals surface area contributed by atoms with E-state index in [9.17, 15) is 0 Å². The van der Waals surface area contributed by atoms with E-state index in [4.69, 9.17) is 8.83 Å². The quantitative estimate of drug-likeness (QED) is 0.181. The average molecular weight is 690 g/mol. The molecule has 0 fully saturated rings. The van der Waals surface area contributed by atoms with Crippen molar-refractivity contribution in [3.8, 4) is 33.4 Å². The van der Waals surface area contributed by atoms with Gasteiger partial charge in [0.2, 0.25) is 0 Å². The van der Waals surface area contributed by atoms with Crippen LogP contribution in [0.1, 0.15) is 25.0 Å². The number of benzene rings is 8. The first-order valence-electron chi connectivity index (χ1n) is 18.8. The fourth-order valence-corrected chi connectivity index (χ4v) is 9.96. The Morgan fingerprint density at radius 2 is 0.870 bits per heavy atom. The molecular formula is C51H31NO2. The second-order valence-corrected chi connectivity index (χ2v) is 15.6. The van der Waals surface area contributed by atoms with Gasteiger partial charge < -0.3 is 13.2 Å². The van der Waals surface area contributed by atoms with Crippen molar-refractivity contribution in [1.29, 1.82) is 0 Å². The van der Waals surface area contributed by atoms with E-state index >= 15 is 0 Å². The first-order chi connectivity index (χ1) is 26.5. The van der Waals surface area contributed by atoms with Crippen LogP contribution in [0.3, 0.4) is 0 Å². The highest BCUT2D eigenvalue weighted by atomic mass is 16.3. The van der Waals surface area contributed by atoms with Crippen LogP contribution >= 0.6 is 0 Å². The van der Waals surface area contributed by atoms with E-state index in [0.29, 0.717) is 0 Å². The third kappa shape index (κ3) is 3.48. The van der Waals surface area contributed by atoms with E-state index in [1.807, 2.05) is 12.1 Å². The fraction of sp³-hybridized carbons (Fsp3) is 0.0588. The number of aromatic nitrogens is 1. The molecule has 1 aliphatic rings. The standard InChI is InChI=1S/C51H31NO2/c1-51(2)42-12-6-3-9-32(42)33-20-19-30(27-43(33)51)28-15-17-29(18-16-28)31-25-40-36-21-23-38-34-10-4-7-13-44(34)53-49(38)47(36)52-46(40)41(26-31)37-22-24-39-35-11-5-8-14-45(35)54-50(39)48(37)52/h3-27H,1-2H3. The molecule has 0 saturated heterocycles. The minimum atomic E-state index is -0.0304. The highest BCUT2D eigenvalue weighted by Crippen LogP contribution is 2.50. The van der Waals surface area contributed by atoms with E-state index in [1.165, 1.54) is 71.6 Å². The molecule has 8 aromatic carbocycles. The summed E-state index contributed by atoms with van der Waals surface area (Å²) < 4.78 is 15.9. The molecule has 3 heteroatoms. The number of hydrogen-bond acceptors (Lipinski definition) is 2. The Morgan fingerprint density at radius 1 is 0.370 bits per heavy atom. The summed E-state index contributed by atoms with van der Waals surface area (Å²) >= 11 is 0. The second kappa shape index (κ2) is 9.77. The van der Waals surface area contributed by atoms with E-state index in [0.717, 1.165) is 54.9 Å². The van der Waals surface area contributed by atoms with Gasteiger partial charge in [0.25, 0.3) is 0 Å². The molecule has 0 aliphatic heterocycles. The summed E-state index contributed by atoms with van der Waals surface area (Å²) in [5.41, 5.74) is 17.3. The number of rotatable bonds is 2. The first-order valence-corrected chi connectivity index (χ1v) is 18.8. The first kappa shape index (κ1) is 28.7. The van der Waals surface area contributed by atoms with Crippen molar-refractivity contribution >= 4 is 82.0 Å². The van der Waals surface area contributed by atoms with Crippen molar-refractivity contribution in [2.24, 2.45) is 0 Å². The topological polar surface area (TPSA) is 30.7 Å². The van der Waals surface area contributed by atoms with Gasteiger partial charge in [0.05, 0.1) is 16.6 Å². The average Bonchev–Trinajstić information content (AvgIpc) is 4.00. The maximum absolute atomic E-state index is 6.72. The van der Waals surface area contributed by atoms with Crippen LogP contribution in [0.25, 0.3) is 115 Å². The summed E-state index contributed by atoms with van der Waals surface area (Å²) in [6.07, 6.45) is 0. The summed E-state index contributed by atoms with van der Waals surface area (Å²) in [4.78, 5) is 0. The van der Waals surface area contributed by atoms with Gasteiger partial charge in [-0.25, -0.2) is 0 Å². The van der Waals surface area contributed by atoms with Crippen LogP contribution in [-0.4, -0.2) is 4.40 Å². The molecule has 1 aliphatic carbocycles. The second-order valence-electron chi connectivity index (χ2n) is 15.6. The molecule has 0 bridgehead atoms. The van der Waals surface area contributed by atoms with E-state index < -0.39 is 0 Å². The lowest BCUT2D eigenvalue weighted by Gasteiger charge is -2.22. The molecule has 0 saturated carbocycles. The van der Waals surface area contributed by atoms with Crippen molar-refractivity contribution in [1.82, 2.24) is 4.40 Å². The molecule has 0 radical (unpaired) electrons. The molecule has 0 spiro atoms. The number of furan rings is 2. The zero-order valence-electron chi connectivity index (χ0n) is 29.7. The molecule has 3 nitrogen and oxygen atoms in total. The molecule has 0 unspecified atom stereocenters. The Balaban J connectivity index is 1.05. The van der Waals surface area contributed by atoms with Crippen molar-refractivity contribution in [2.45, 2.75) is 19.3 Å². The summed E-state index contributed by atoms with van der Waals surface area (Å²) in [6.45, 7) is 4.69. The molecule has 252 valence electrons. The van der Waals surface area contributed by atoms with Crippen molar-refractivity contribution in [3.05, 3.63) is 163 Å². The maximum atomic E-state index is 6.72. The van der Waals surface area contributed by atoms with Crippen LogP contribution in [-0.2, 0) is 5.41 Å². The molecule has 54 heavy (non-hydrogen) atoms. The Morgan fingerprint density at radius 3 is 1.50 bits per heavy atom. The monoisotopic (exact) mass is 689 g/mol. The largest absolute Gasteiger partial charge is 0.454 e. The summed E-state index contributed by atoms with van der Waals surface area (Å²) in [5, 5.41) is 9.29. The molecule has 4 heterocycles. The van der Waals surface area contributed by atoms with E-state index in [-0.39, 0.29) is 5.41 Å². The van der Waals surface area contributed by atoms with Gasteiger partial charge in [-0.15, -0.1) is 0 Å².